The molecule has 150 valence electrons. The number of nitrogens with two attached hydrogens (primary N) is 1. The van der Waals surface area contributed by atoms with Crippen molar-refractivity contribution < 1.29 is 13.9 Å². The number of halogens is 2. The number of fused-ring (bicyclic) bond motifs is 1. The van der Waals surface area contributed by atoms with Crippen LogP contribution in [0.25, 0.3) is 16.6 Å². The third kappa shape index (κ3) is 3.75. The maximum absolute atomic E-state index is 13.4. The molecule has 0 bridgehead atoms. The van der Waals surface area contributed by atoms with E-state index in [1.54, 1.807) is 30.3 Å². The van der Waals surface area contributed by atoms with Gasteiger partial charge < -0.3 is 10.5 Å². The Hall–Kier alpha value is -3.71. The SMILES string of the molecule is NC(=O)c1cc(Cl)ccc1OCc1nc2ccccc2c(=O)n1-c1ccc(F)cc1. The molecule has 0 unspecified atom stereocenters. The Labute approximate surface area is 175 Å². The first-order chi connectivity index (χ1) is 14.4. The van der Waals surface area contributed by atoms with E-state index in [-0.39, 0.29) is 29.3 Å². The van der Waals surface area contributed by atoms with Gasteiger partial charge in [-0.25, -0.2) is 9.37 Å². The highest BCUT2D eigenvalue weighted by molar-refractivity contribution is 6.31. The second kappa shape index (κ2) is 7.96. The number of amides is 1. The number of hydrogen-bond donors (Lipinski definition) is 1. The molecule has 0 spiro atoms. The molecule has 6 nitrogen and oxygen atoms in total. The summed E-state index contributed by atoms with van der Waals surface area (Å²) in [6.07, 6.45) is 0. The molecular formula is C22H15ClFN3O3. The molecule has 1 heterocycles. The van der Waals surface area contributed by atoms with Crippen molar-refractivity contribution in [1.82, 2.24) is 9.55 Å². The van der Waals surface area contributed by atoms with Crippen LogP contribution in [0.1, 0.15) is 16.2 Å². The zero-order valence-corrected chi connectivity index (χ0v) is 16.3. The van der Waals surface area contributed by atoms with Crippen molar-refractivity contribution in [2.24, 2.45) is 5.73 Å². The topological polar surface area (TPSA) is 87.2 Å². The van der Waals surface area contributed by atoms with E-state index in [0.717, 1.165) is 0 Å². The zero-order chi connectivity index (χ0) is 21.3. The molecule has 30 heavy (non-hydrogen) atoms. The van der Waals surface area contributed by atoms with Gasteiger partial charge in [0.2, 0.25) is 0 Å². The minimum Gasteiger partial charge on any atom is -0.485 e. The number of hydrogen-bond acceptors (Lipinski definition) is 4. The fourth-order valence-electron chi connectivity index (χ4n) is 3.09. The van der Waals surface area contributed by atoms with E-state index < -0.39 is 11.7 Å². The first kappa shape index (κ1) is 19.6. The van der Waals surface area contributed by atoms with Gasteiger partial charge in [-0.15, -0.1) is 0 Å². The van der Waals surface area contributed by atoms with E-state index in [2.05, 4.69) is 4.98 Å². The van der Waals surface area contributed by atoms with Crippen molar-refractivity contribution in [2.45, 2.75) is 6.61 Å². The van der Waals surface area contributed by atoms with Crippen LogP contribution in [-0.2, 0) is 6.61 Å². The summed E-state index contributed by atoms with van der Waals surface area (Å²) in [6.45, 7) is -0.140. The lowest BCUT2D eigenvalue weighted by Gasteiger charge is -2.15. The van der Waals surface area contributed by atoms with Crippen molar-refractivity contribution in [3.63, 3.8) is 0 Å². The highest BCUT2D eigenvalue weighted by Crippen LogP contribution is 2.24. The van der Waals surface area contributed by atoms with E-state index in [9.17, 15) is 14.0 Å². The highest BCUT2D eigenvalue weighted by atomic mass is 35.5. The van der Waals surface area contributed by atoms with E-state index in [1.165, 1.54) is 41.0 Å². The minimum absolute atomic E-state index is 0.110. The van der Waals surface area contributed by atoms with Crippen molar-refractivity contribution >= 4 is 28.4 Å². The Morgan fingerprint density at radius 2 is 1.83 bits per heavy atom. The Balaban J connectivity index is 1.82. The maximum Gasteiger partial charge on any atom is 0.266 e. The molecule has 4 aromatic rings. The van der Waals surface area contributed by atoms with Crippen LogP contribution in [0.15, 0.2) is 71.5 Å². The summed E-state index contributed by atoms with van der Waals surface area (Å²) < 4.78 is 20.5. The summed E-state index contributed by atoms with van der Waals surface area (Å²) in [5.74, 6) is -0.642. The predicted molar refractivity (Wildman–Crippen MR) is 112 cm³/mol. The first-order valence-electron chi connectivity index (χ1n) is 8.93. The van der Waals surface area contributed by atoms with Gasteiger partial charge in [0.15, 0.2) is 5.82 Å². The monoisotopic (exact) mass is 423 g/mol. The molecule has 0 saturated heterocycles. The Bertz CT molecular complexity index is 1320. The van der Waals surface area contributed by atoms with E-state index in [4.69, 9.17) is 22.1 Å². The van der Waals surface area contributed by atoms with E-state index >= 15 is 0 Å². The van der Waals surface area contributed by atoms with Gasteiger partial charge in [-0.05, 0) is 54.6 Å². The summed E-state index contributed by atoms with van der Waals surface area (Å²) in [7, 11) is 0. The van der Waals surface area contributed by atoms with Gasteiger partial charge in [0.25, 0.3) is 11.5 Å². The van der Waals surface area contributed by atoms with Crippen LogP contribution in [0.5, 0.6) is 5.75 Å². The Morgan fingerprint density at radius 1 is 1.10 bits per heavy atom. The third-order valence-corrected chi connectivity index (χ3v) is 4.73. The van der Waals surface area contributed by atoms with Crippen LogP contribution >= 0.6 is 11.6 Å². The molecule has 4 rings (SSSR count). The van der Waals surface area contributed by atoms with Crippen LogP contribution in [0.3, 0.4) is 0 Å². The molecule has 0 aliphatic rings. The number of primary amides is 1. The molecule has 3 aromatic carbocycles. The van der Waals surface area contributed by atoms with Gasteiger partial charge in [0.05, 0.1) is 22.2 Å². The summed E-state index contributed by atoms with van der Waals surface area (Å²) >= 11 is 5.93. The molecule has 0 aliphatic carbocycles. The minimum atomic E-state index is -0.699. The summed E-state index contributed by atoms with van der Waals surface area (Å²) in [6, 6.07) is 16.8. The lowest BCUT2D eigenvalue weighted by atomic mass is 10.2. The Kier molecular flexibility index (Phi) is 5.20. The van der Waals surface area contributed by atoms with E-state index in [1.807, 2.05) is 0 Å². The predicted octanol–water partition coefficient (Wildman–Crippen LogP) is 3.86. The average molecular weight is 424 g/mol. The zero-order valence-electron chi connectivity index (χ0n) is 15.5. The smallest absolute Gasteiger partial charge is 0.266 e. The molecule has 0 aliphatic heterocycles. The van der Waals surface area contributed by atoms with Gasteiger partial charge >= 0.3 is 0 Å². The lowest BCUT2D eigenvalue weighted by molar-refractivity contribution is 0.0995. The second-order valence-corrected chi connectivity index (χ2v) is 6.89. The van der Waals surface area contributed by atoms with Crippen LogP contribution < -0.4 is 16.0 Å². The van der Waals surface area contributed by atoms with Gasteiger partial charge in [-0.2, -0.15) is 0 Å². The van der Waals surface area contributed by atoms with Gasteiger partial charge in [-0.3, -0.25) is 14.2 Å². The standard InChI is InChI=1S/C22H15ClFN3O3/c23-13-5-10-19(17(11-13)21(25)28)30-12-20-26-18-4-2-1-3-16(18)22(29)27(20)15-8-6-14(24)7-9-15/h1-11H,12H2,(H2,25,28). The number of ether oxygens (including phenoxy) is 1. The molecular weight excluding hydrogens is 409 g/mol. The highest BCUT2D eigenvalue weighted by Gasteiger charge is 2.16. The fourth-order valence-corrected chi connectivity index (χ4v) is 3.27. The van der Waals surface area contributed by atoms with E-state index in [0.29, 0.717) is 21.6 Å². The molecule has 0 saturated carbocycles. The molecule has 1 amide bonds. The van der Waals surface area contributed by atoms with Crippen molar-refractivity contribution in [2.75, 3.05) is 0 Å². The molecule has 0 radical (unpaired) electrons. The van der Waals surface area contributed by atoms with Crippen LogP contribution in [0.2, 0.25) is 5.02 Å². The van der Waals surface area contributed by atoms with Crippen molar-refractivity contribution in [1.29, 1.82) is 0 Å². The summed E-state index contributed by atoms with van der Waals surface area (Å²) in [5, 5.41) is 0.748. The molecule has 0 fully saturated rings. The lowest BCUT2D eigenvalue weighted by Crippen LogP contribution is -2.25. The molecule has 2 N–H and O–H groups in total. The first-order valence-corrected chi connectivity index (χ1v) is 9.30. The maximum atomic E-state index is 13.4. The summed E-state index contributed by atoms with van der Waals surface area (Å²) in [5.41, 5.74) is 6.12. The van der Waals surface area contributed by atoms with Crippen molar-refractivity contribution in [3.8, 4) is 11.4 Å². The number of carbonyl (C=O) groups excluding carboxylic acids is 1. The molecule has 1 aromatic heterocycles. The Morgan fingerprint density at radius 3 is 2.57 bits per heavy atom. The van der Waals surface area contributed by atoms with Crippen LogP contribution in [-0.4, -0.2) is 15.5 Å². The average Bonchev–Trinajstić information content (AvgIpc) is 2.74. The van der Waals surface area contributed by atoms with Gasteiger partial charge in [-0.1, -0.05) is 23.7 Å². The normalized spacial score (nSPS) is 10.9. The number of carbonyl (C=O) groups is 1. The number of nitrogens with zero attached hydrogens (tertiary/aromatic N) is 2. The quantitative estimate of drug-likeness (QED) is 0.528. The van der Waals surface area contributed by atoms with Crippen molar-refractivity contribution in [3.05, 3.63) is 99.3 Å². The number of rotatable bonds is 5. The largest absolute Gasteiger partial charge is 0.485 e. The van der Waals surface area contributed by atoms with Crippen LogP contribution in [0, 0.1) is 5.82 Å². The third-order valence-electron chi connectivity index (χ3n) is 4.49. The molecule has 0 atom stereocenters. The fraction of sp³-hybridized carbons (Fsp3) is 0.0455. The second-order valence-electron chi connectivity index (χ2n) is 6.46. The van der Waals surface area contributed by atoms with Gasteiger partial charge in [0, 0.05) is 5.02 Å². The van der Waals surface area contributed by atoms with Crippen LogP contribution in [0.4, 0.5) is 4.39 Å². The van der Waals surface area contributed by atoms with Gasteiger partial charge in [0.1, 0.15) is 18.2 Å². The summed E-state index contributed by atoms with van der Waals surface area (Å²) in [4.78, 5) is 29.4. The number of aromatic nitrogens is 2. The number of benzene rings is 3. The number of para-hydroxylation sites is 1. The molecule has 8 heteroatoms.